The van der Waals surface area contributed by atoms with E-state index in [0.717, 1.165) is 25.9 Å². The van der Waals surface area contributed by atoms with Gasteiger partial charge in [-0.1, -0.05) is 0 Å². The Balaban J connectivity index is 1.55. The van der Waals surface area contributed by atoms with Gasteiger partial charge in [0.15, 0.2) is 0 Å². The summed E-state index contributed by atoms with van der Waals surface area (Å²) in [4.78, 5) is 26.0. The van der Waals surface area contributed by atoms with Gasteiger partial charge in [0.2, 0.25) is 17.7 Å². The molecule has 1 aliphatic rings. The summed E-state index contributed by atoms with van der Waals surface area (Å²) in [6, 6.07) is 3.96. The molecule has 26 heavy (non-hydrogen) atoms. The van der Waals surface area contributed by atoms with Crippen molar-refractivity contribution in [1.29, 1.82) is 0 Å². The molecule has 1 saturated heterocycles. The summed E-state index contributed by atoms with van der Waals surface area (Å²) in [6.45, 7) is 7.83. The van der Waals surface area contributed by atoms with Crippen LogP contribution in [0, 0.1) is 19.8 Å². The molecular formula is C19H26N4O2S. The van der Waals surface area contributed by atoms with Gasteiger partial charge in [-0.15, -0.1) is 11.3 Å². The molecule has 1 N–H and O–H groups in total. The molecule has 1 fully saturated rings. The molecule has 6 nitrogen and oxygen atoms in total. The van der Waals surface area contributed by atoms with Crippen molar-refractivity contribution >= 4 is 23.2 Å². The maximum Gasteiger partial charge on any atom is 0.228 e. The first-order chi connectivity index (χ1) is 12.5. The molecule has 0 unspecified atom stereocenters. The number of methoxy groups -OCH3 is 1. The fourth-order valence-corrected chi connectivity index (χ4v) is 4.45. The van der Waals surface area contributed by atoms with E-state index in [1.54, 1.807) is 30.7 Å². The van der Waals surface area contributed by atoms with Crippen LogP contribution in [0.4, 0.5) is 5.95 Å². The Kier molecular flexibility index (Phi) is 5.76. The number of hydrogen-bond acceptors (Lipinski definition) is 6. The highest BCUT2D eigenvalue weighted by Crippen LogP contribution is 2.27. The largest absolute Gasteiger partial charge is 0.481 e. The van der Waals surface area contributed by atoms with Crippen molar-refractivity contribution in [2.45, 2.75) is 39.7 Å². The molecule has 0 spiro atoms. The fourth-order valence-electron chi connectivity index (χ4n) is 3.43. The highest BCUT2D eigenvalue weighted by molar-refractivity contribution is 7.12. The van der Waals surface area contributed by atoms with E-state index >= 15 is 0 Å². The van der Waals surface area contributed by atoms with Gasteiger partial charge in [0.25, 0.3) is 0 Å². The van der Waals surface area contributed by atoms with Gasteiger partial charge in [-0.2, -0.15) is 4.98 Å². The second-order valence-corrected chi connectivity index (χ2v) is 8.22. The number of carbonyl (C=O) groups is 1. The van der Waals surface area contributed by atoms with Gasteiger partial charge in [0.05, 0.1) is 13.2 Å². The smallest absolute Gasteiger partial charge is 0.228 e. The van der Waals surface area contributed by atoms with Crippen LogP contribution >= 0.6 is 11.3 Å². The first kappa shape index (κ1) is 18.6. The quantitative estimate of drug-likeness (QED) is 0.870. The summed E-state index contributed by atoms with van der Waals surface area (Å²) in [5.41, 5.74) is 1.23. The summed E-state index contributed by atoms with van der Waals surface area (Å²) < 4.78 is 5.16. The van der Waals surface area contributed by atoms with E-state index in [0.29, 0.717) is 11.8 Å². The van der Waals surface area contributed by atoms with Gasteiger partial charge in [0.1, 0.15) is 0 Å². The van der Waals surface area contributed by atoms with Crippen molar-refractivity contribution in [3.8, 4) is 5.88 Å². The van der Waals surface area contributed by atoms with Crippen LogP contribution in [-0.2, 0) is 4.79 Å². The van der Waals surface area contributed by atoms with Gasteiger partial charge in [-0.05, 0) is 45.2 Å². The van der Waals surface area contributed by atoms with E-state index < -0.39 is 0 Å². The maximum atomic E-state index is 12.7. The van der Waals surface area contributed by atoms with Gasteiger partial charge in [-0.25, -0.2) is 4.98 Å². The Bertz CT molecular complexity index is 769. The molecule has 140 valence electrons. The van der Waals surface area contributed by atoms with Crippen LogP contribution in [0.15, 0.2) is 18.3 Å². The zero-order valence-corrected chi connectivity index (χ0v) is 16.6. The minimum atomic E-state index is 0.0411. The van der Waals surface area contributed by atoms with Crippen molar-refractivity contribution in [3.63, 3.8) is 0 Å². The molecule has 0 aliphatic carbocycles. The summed E-state index contributed by atoms with van der Waals surface area (Å²) in [5, 5.41) is 3.19. The van der Waals surface area contributed by atoms with Crippen LogP contribution < -0.4 is 15.0 Å². The lowest BCUT2D eigenvalue weighted by Gasteiger charge is -2.32. The molecule has 7 heteroatoms. The third-order valence-electron chi connectivity index (χ3n) is 4.88. The van der Waals surface area contributed by atoms with Crippen LogP contribution in [0.5, 0.6) is 5.88 Å². The number of hydrogen-bond donors (Lipinski definition) is 1. The number of ether oxygens (including phenoxy) is 1. The van der Waals surface area contributed by atoms with E-state index in [4.69, 9.17) is 4.74 Å². The van der Waals surface area contributed by atoms with E-state index in [-0.39, 0.29) is 17.9 Å². The molecule has 0 saturated carbocycles. The molecule has 3 rings (SSSR count). The standard InChI is InChI=1S/C19H26N4O2S/c1-12-11-16(14(3)26-12)13(2)21-18(24)15-6-9-23(10-7-15)19-20-8-5-17(22-19)25-4/h5,8,11,13,15H,6-7,9-10H2,1-4H3,(H,21,24)/t13-/m1/s1. The number of nitrogens with one attached hydrogen (secondary N) is 1. The number of anilines is 1. The van der Waals surface area contributed by atoms with Gasteiger partial charge >= 0.3 is 0 Å². The van der Waals surface area contributed by atoms with Gasteiger partial charge < -0.3 is 15.0 Å². The first-order valence-electron chi connectivity index (χ1n) is 8.97. The summed E-state index contributed by atoms with van der Waals surface area (Å²) >= 11 is 1.78. The Hall–Kier alpha value is -2.15. The first-order valence-corrected chi connectivity index (χ1v) is 9.79. The molecule has 1 atom stereocenters. The monoisotopic (exact) mass is 374 g/mol. The van der Waals surface area contributed by atoms with E-state index in [1.807, 2.05) is 0 Å². The van der Waals surface area contributed by atoms with Crippen molar-refractivity contribution in [1.82, 2.24) is 15.3 Å². The minimum absolute atomic E-state index is 0.0411. The average Bonchev–Trinajstić information content (AvgIpc) is 3.00. The molecule has 1 amide bonds. The third-order valence-corrected chi connectivity index (χ3v) is 5.86. The van der Waals surface area contributed by atoms with Crippen molar-refractivity contribution in [3.05, 3.63) is 33.6 Å². The predicted octanol–water partition coefficient (Wildman–Crippen LogP) is 3.26. The minimum Gasteiger partial charge on any atom is -0.481 e. The lowest BCUT2D eigenvalue weighted by molar-refractivity contribution is -0.126. The number of thiophene rings is 1. The Morgan fingerprint density at radius 1 is 1.38 bits per heavy atom. The number of piperidine rings is 1. The van der Waals surface area contributed by atoms with Crippen LogP contribution in [-0.4, -0.2) is 36.1 Å². The number of aryl methyl sites for hydroxylation is 2. The van der Waals surface area contributed by atoms with Crippen molar-refractivity contribution in [2.24, 2.45) is 5.92 Å². The fraction of sp³-hybridized carbons (Fsp3) is 0.526. The van der Waals surface area contributed by atoms with Gasteiger partial charge in [-0.3, -0.25) is 4.79 Å². The number of rotatable bonds is 5. The second kappa shape index (κ2) is 8.03. The molecule has 3 heterocycles. The molecule has 2 aromatic rings. The SMILES string of the molecule is COc1ccnc(N2CCC(C(=O)N[C@H](C)c3cc(C)sc3C)CC2)n1. The van der Waals surface area contributed by atoms with Crippen LogP contribution in [0.3, 0.4) is 0 Å². The molecule has 2 aromatic heterocycles. The van der Waals surface area contributed by atoms with Gasteiger partial charge in [0, 0.05) is 41.0 Å². The summed E-state index contributed by atoms with van der Waals surface area (Å²) in [7, 11) is 1.60. The lowest BCUT2D eigenvalue weighted by Crippen LogP contribution is -2.41. The van der Waals surface area contributed by atoms with Crippen molar-refractivity contribution in [2.75, 3.05) is 25.1 Å². The predicted molar refractivity (Wildman–Crippen MR) is 104 cm³/mol. The lowest BCUT2D eigenvalue weighted by atomic mass is 9.95. The molecule has 0 aromatic carbocycles. The van der Waals surface area contributed by atoms with E-state index in [2.05, 4.69) is 47.0 Å². The molecule has 1 aliphatic heterocycles. The van der Waals surface area contributed by atoms with Crippen LogP contribution in [0.2, 0.25) is 0 Å². The van der Waals surface area contributed by atoms with E-state index in [1.165, 1.54) is 15.3 Å². The maximum absolute atomic E-state index is 12.7. The molecular weight excluding hydrogens is 348 g/mol. The normalized spacial score (nSPS) is 16.4. The van der Waals surface area contributed by atoms with Crippen molar-refractivity contribution < 1.29 is 9.53 Å². The zero-order chi connectivity index (χ0) is 18.7. The highest BCUT2D eigenvalue weighted by Gasteiger charge is 2.27. The zero-order valence-electron chi connectivity index (χ0n) is 15.8. The summed E-state index contributed by atoms with van der Waals surface area (Å²) in [5.74, 6) is 1.41. The third kappa shape index (κ3) is 4.15. The second-order valence-electron chi connectivity index (χ2n) is 6.76. The topological polar surface area (TPSA) is 67.3 Å². The number of amides is 1. The molecule has 0 radical (unpaired) electrons. The Morgan fingerprint density at radius 2 is 2.12 bits per heavy atom. The summed E-state index contributed by atoms with van der Waals surface area (Å²) in [6.07, 6.45) is 3.31. The number of carbonyl (C=O) groups excluding carboxylic acids is 1. The van der Waals surface area contributed by atoms with Crippen LogP contribution in [0.25, 0.3) is 0 Å². The molecule has 0 bridgehead atoms. The number of aromatic nitrogens is 2. The number of nitrogens with zero attached hydrogens (tertiary/aromatic N) is 3. The Morgan fingerprint density at radius 3 is 2.73 bits per heavy atom. The highest BCUT2D eigenvalue weighted by atomic mass is 32.1. The average molecular weight is 375 g/mol. The van der Waals surface area contributed by atoms with E-state index in [9.17, 15) is 4.79 Å². The van der Waals surface area contributed by atoms with Crippen LogP contribution in [0.1, 0.15) is 41.1 Å². The Labute approximate surface area is 158 Å².